The number of nitrogens with two attached hydrogens (primary N) is 1. The SMILES string of the molecule is NCCCc1nc(-c2cscn2)n[nH]1. The average Bonchev–Trinajstić information content (AvgIpc) is 2.85. The molecule has 14 heavy (non-hydrogen) atoms. The van der Waals surface area contributed by atoms with Crippen molar-refractivity contribution in [3.8, 4) is 11.5 Å². The van der Waals surface area contributed by atoms with E-state index < -0.39 is 0 Å². The molecule has 0 aliphatic heterocycles. The highest BCUT2D eigenvalue weighted by molar-refractivity contribution is 7.07. The summed E-state index contributed by atoms with van der Waals surface area (Å²) < 4.78 is 0. The van der Waals surface area contributed by atoms with Crippen LogP contribution in [0.5, 0.6) is 0 Å². The number of nitrogens with zero attached hydrogens (tertiary/aromatic N) is 3. The molecule has 2 rings (SSSR count). The number of aromatic amines is 1. The summed E-state index contributed by atoms with van der Waals surface area (Å²) in [7, 11) is 0. The van der Waals surface area contributed by atoms with Crippen LogP contribution in [-0.2, 0) is 6.42 Å². The van der Waals surface area contributed by atoms with E-state index >= 15 is 0 Å². The van der Waals surface area contributed by atoms with Gasteiger partial charge >= 0.3 is 0 Å². The quantitative estimate of drug-likeness (QED) is 0.781. The van der Waals surface area contributed by atoms with E-state index in [0.29, 0.717) is 12.4 Å². The maximum Gasteiger partial charge on any atom is 0.200 e. The third-order valence-electron chi connectivity index (χ3n) is 1.81. The highest BCUT2D eigenvalue weighted by atomic mass is 32.1. The maximum atomic E-state index is 5.40. The normalized spacial score (nSPS) is 10.6. The minimum Gasteiger partial charge on any atom is -0.330 e. The van der Waals surface area contributed by atoms with Gasteiger partial charge in [-0.05, 0) is 13.0 Å². The van der Waals surface area contributed by atoms with Gasteiger partial charge in [0, 0.05) is 11.8 Å². The van der Waals surface area contributed by atoms with Gasteiger partial charge in [0.15, 0.2) is 0 Å². The number of hydrogen-bond donors (Lipinski definition) is 2. The van der Waals surface area contributed by atoms with E-state index in [9.17, 15) is 0 Å². The Morgan fingerprint density at radius 1 is 1.50 bits per heavy atom. The van der Waals surface area contributed by atoms with E-state index in [0.717, 1.165) is 24.4 Å². The maximum absolute atomic E-state index is 5.40. The zero-order valence-electron chi connectivity index (χ0n) is 7.60. The van der Waals surface area contributed by atoms with Crippen LogP contribution in [0.25, 0.3) is 11.5 Å². The molecule has 0 aliphatic rings. The summed E-state index contributed by atoms with van der Waals surface area (Å²) >= 11 is 1.54. The van der Waals surface area contributed by atoms with Crippen LogP contribution in [0.15, 0.2) is 10.9 Å². The molecular formula is C8H11N5S. The lowest BCUT2D eigenvalue weighted by atomic mass is 10.3. The fourth-order valence-corrected chi connectivity index (χ4v) is 1.64. The number of nitrogens with one attached hydrogen (secondary N) is 1. The molecule has 6 heteroatoms. The Morgan fingerprint density at radius 2 is 2.43 bits per heavy atom. The second-order valence-electron chi connectivity index (χ2n) is 2.87. The molecule has 0 amide bonds. The fourth-order valence-electron chi connectivity index (χ4n) is 1.11. The van der Waals surface area contributed by atoms with Gasteiger partial charge in [-0.25, -0.2) is 9.97 Å². The molecule has 0 atom stereocenters. The molecule has 0 aromatic carbocycles. The van der Waals surface area contributed by atoms with Gasteiger partial charge in [0.2, 0.25) is 5.82 Å². The van der Waals surface area contributed by atoms with Crippen molar-refractivity contribution >= 4 is 11.3 Å². The van der Waals surface area contributed by atoms with Crippen LogP contribution in [0.1, 0.15) is 12.2 Å². The molecule has 2 aromatic heterocycles. The van der Waals surface area contributed by atoms with Crippen molar-refractivity contribution in [3.05, 3.63) is 16.7 Å². The lowest BCUT2D eigenvalue weighted by Gasteiger charge is -1.90. The Balaban J connectivity index is 2.10. The summed E-state index contributed by atoms with van der Waals surface area (Å²) in [5, 5.41) is 8.88. The first-order valence-corrected chi connectivity index (χ1v) is 5.34. The molecule has 0 spiro atoms. The highest BCUT2D eigenvalue weighted by Gasteiger charge is 2.06. The zero-order valence-corrected chi connectivity index (χ0v) is 8.42. The van der Waals surface area contributed by atoms with Gasteiger partial charge in [-0.15, -0.1) is 11.3 Å². The predicted octanol–water partition coefficient (Wildman–Crippen LogP) is 0.820. The van der Waals surface area contributed by atoms with E-state index in [2.05, 4.69) is 20.2 Å². The predicted molar refractivity (Wildman–Crippen MR) is 54.9 cm³/mol. The molecule has 0 radical (unpaired) electrons. The first-order valence-electron chi connectivity index (χ1n) is 4.40. The van der Waals surface area contributed by atoms with Crippen LogP contribution in [0, 0.1) is 0 Å². The van der Waals surface area contributed by atoms with Gasteiger partial charge < -0.3 is 5.73 Å². The lowest BCUT2D eigenvalue weighted by molar-refractivity contribution is 0.785. The summed E-state index contributed by atoms with van der Waals surface area (Å²) in [5.41, 5.74) is 8.00. The second-order valence-corrected chi connectivity index (χ2v) is 3.59. The first-order chi connectivity index (χ1) is 6.90. The standard InChI is InChI=1S/C8H11N5S/c9-3-1-2-7-11-8(13-12-7)6-4-14-5-10-6/h4-5H,1-3,9H2,(H,11,12,13). The number of rotatable bonds is 4. The second kappa shape index (κ2) is 4.30. The van der Waals surface area contributed by atoms with Crippen molar-refractivity contribution in [3.63, 3.8) is 0 Å². The summed E-state index contributed by atoms with van der Waals surface area (Å²) in [6.45, 7) is 0.673. The van der Waals surface area contributed by atoms with Gasteiger partial charge in [-0.3, -0.25) is 5.10 Å². The molecule has 0 unspecified atom stereocenters. The third-order valence-corrected chi connectivity index (χ3v) is 2.40. The van der Waals surface area contributed by atoms with Gasteiger partial charge in [0.1, 0.15) is 11.5 Å². The van der Waals surface area contributed by atoms with Crippen LogP contribution in [0.3, 0.4) is 0 Å². The molecule has 0 saturated heterocycles. The Hall–Kier alpha value is -1.27. The van der Waals surface area contributed by atoms with E-state index in [1.165, 1.54) is 11.3 Å². The zero-order chi connectivity index (χ0) is 9.80. The minimum atomic E-state index is 0.665. The molecule has 0 saturated carbocycles. The average molecular weight is 209 g/mol. The molecule has 3 N–H and O–H groups in total. The first kappa shape index (κ1) is 9.29. The topological polar surface area (TPSA) is 80.5 Å². The van der Waals surface area contributed by atoms with Crippen LogP contribution in [0.4, 0.5) is 0 Å². The number of hydrogen-bond acceptors (Lipinski definition) is 5. The van der Waals surface area contributed by atoms with E-state index in [1.54, 1.807) is 5.51 Å². The van der Waals surface area contributed by atoms with Gasteiger partial charge in [-0.2, -0.15) is 5.10 Å². The molecule has 0 fully saturated rings. The third kappa shape index (κ3) is 1.97. The minimum absolute atomic E-state index is 0.665. The lowest BCUT2D eigenvalue weighted by Crippen LogP contribution is -2.01. The van der Waals surface area contributed by atoms with E-state index in [4.69, 9.17) is 5.73 Å². The molecule has 0 bridgehead atoms. The van der Waals surface area contributed by atoms with E-state index in [-0.39, 0.29) is 0 Å². The summed E-state index contributed by atoms with van der Waals surface area (Å²) in [6.07, 6.45) is 1.76. The Kier molecular flexibility index (Phi) is 2.85. The van der Waals surface area contributed by atoms with Crippen molar-refractivity contribution < 1.29 is 0 Å². The van der Waals surface area contributed by atoms with Crippen molar-refractivity contribution in [2.45, 2.75) is 12.8 Å². The summed E-state index contributed by atoms with van der Waals surface area (Å²) in [4.78, 5) is 8.44. The molecule has 2 aromatic rings. The van der Waals surface area contributed by atoms with Crippen LogP contribution < -0.4 is 5.73 Å². The Labute approximate surface area is 85.4 Å². The fraction of sp³-hybridized carbons (Fsp3) is 0.375. The van der Waals surface area contributed by atoms with E-state index in [1.807, 2.05) is 5.38 Å². The molecular weight excluding hydrogens is 198 g/mol. The molecule has 0 aliphatic carbocycles. The number of thiazole rings is 1. The smallest absolute Gasteiger partial charge is 0.200 e. The molecule has 5 nitrogen and oxygen atoms in total. The Bertz CT molecular complexity index is 380. The number of aryl methyl sites for hydroxylation is 1. The summed E-state index contributed by atoms with van der Waals surface area (Å²) in [5.74, 6) is 1.54. The van der Waals surface area contributed by atoms with Crippen LogP contribution in [0.2, 0.25) is 0 Å². The number of H-pyrrole nitrogens is 1. The monoisotopic (exact) mass is 209 g/mol. The summed E-state index contributed by atoms with van der Waals surface area (Å²) in [6, 6.07) is 0. The molecule has 2 heterocycles. The van der Waals surface area contributed by atoms with Gasteiger partial charge in [0.05, 0.1) is 5.51 Å². The largest absolute Gasteiger partial charge is 0.330 e. The highest BCUT2D eigenvalue weighted by Crippen LogP contribution is 2.13. The van der Waals surface area contributed by atoms with Gasteiger partial charge in [-0.1, -0.05) is 0 Å². The van der Waals surface area contributed by atoms with Crippen LogP contribution >= 0.6 is 11.3 Å². The van der Waals surface area contributed by atoms with Crippen molar-refractivity contribution in [2.24, 2.45) is 5.73 Å². The van der Waals surface area contributed by atoms with Crippen molar-refractivity contribution in [1.82, 2.24) is 20.2 Å². The van der Waals surface area contributed by atoms with Crippen molar-refractivity contribution in [1.29, 1.82) is 0 Å². The van der Waals surface area contributed by atoms with Gasteiger partial charge in [0.25, 0.3) is 0 Å². The number of aromatic nitrogens is 4. The van der Waals surface area contributed by atoms with Crippen molar-refractivity contribution in [2.75, 3.05) is 6.54 Å². The Morgan fingerprint density at radius 3 is 3.14 bits per heavy atom. The molecule has 74 valence electrons. The van der Waals surface area contributed by atoms with Crippen LogP contribution in [-0.4, -0.2) is 26.7 Å².